The van der Waals surface area contributed by atoms with E-state index < -0.39 is 0 Å². The summed E-state index contributed by atoms with van der Waals surface area (Å²) in [5.41, 5.74) is 0. The van der Waals surface area contributed by atoms with Crippen molar-refractivity contribution in [2.75, 3.05) is 47.0 Å². The first kappa shape index (κ1) is 19.4. The second-order valence-corrected chi connectivity index (χ2v) is 4.50. The van der Waals surface area contributed by atoms with Gasteiger partial charge in [-0.25, -0.2) is 0 Å². The molecule has 1 N–H and O–H groups in total. The highest BCUT2D eigenvalue weighted by Gasteiger charge is 2.28. The molecule has 1 fully saturated rings. The predicted molar refractivity (Wildman–Crippen MR) is 89.6 cm³/mol. The standard InChI is InChI=1S/C13H25N3O3.HI/c1-4-19-12(17)11-6-5-8-16(10-11)13(14-2)15-7-9-18-3;/h11H,4-10H2,1-3H3,(H,14,15);1H. The van der Waals surface area contributed by atoms with E-state index in [1.54, 1.807) is 14.2 Å². The van der Waals surface area contributed by atoms with E-state index in [4.69, 9.17) is 9.47 Å². The van der Waals surface area contributed by atoms with Gasteiger partial charge in [-0.15, -0.1) is 24.0 Å². The van der Waals surface area contributed by atoms with Crippen LogP contribution in [0.25, 0.3) is 0 Å². The van der Waals surface area contributed by atoms with Crippen LogP contribution in [-0.2, 0) is 14.3 Å². The van der Waals surface area contributed by atoms with Crippen molar-refractivity contribution in [3.05, 3.63) is 0 Å². The summed E-state index contributed by atoms with van der Waals surface area (Å²) in [5, 5.41) is 3.23. The Balaban J connectivity index is 0.00000361. The average molecular weight is 399 g/mol. The highest BCUT2D eigenvalue weighted by molar-refractivity contribution is 14.0. The minimum atomic E-state index is -0.0976. The SMILES string of the molecule is CCOC(=O)C1CCCN(C(=NC)NCCOC)C1.I. The Morgan fingerprint density at radius 2 is 2.25 bits per heavy atom. The molecule has 0 bridgehead atoms. The van der Waals surface area contributed by atoms with Gasteiger partial charge < -0.3 is 19.7 Å². The molecule has 6 nitrogen and oxygen atoms in total. The van der Waals surface area contributed by atoms with E-state index in [1.165, 1.54) is 0 Å². The Morgan fingerprint density at radius 1 is 1.50 bits per heavy atom. The molecule has 1 rings (SSSR count). The minimum Gasteiger partial charge on any atom is -0.466 e. The number of nitrogens with zero attached hydrogens (tertiary/aromatic N) is 2. The molecule has 20 heavy (non-hydrogen) atoms. The number of hydrogen-bond acceptors (Lipinski definition) is 4. The summed E-state index contributed by atoms with van der Waals surface area (Å²) in [6.07, 6.45) is 1.87. The van der Waals surface area contributed by atoms with Gasteiger partial charge in [-0.05, 0) is 19.8 Å². The second kappa shape index (κ2) is 11.1. The monoisotopic (exact) mass is 399 g/mol. The molecule has 1 unspecified atom stereocenters. The summed E-state index contributed by atoms with van der Waals surface area (Å²) in [6, 6.07) is 0. The first-order valence-corrected chi connectivity index (χ1v) is 6.84. The van der Waals surface area contributed by atoms with Crippen molar-refractivity contribution in [1.82, 2.24) is 10.2 Å². The van der Waals surface area contributed by atoms with Crippen LogP contribution in [0.15, 0.2) is 4.99 Å². The Bertz CT molecular complexity index is 313. The molecule has 0 spiro atoms. The molecule has 1 aliphatic rings. The van der Waals surface area contributed by atoms with Crippen LogP contribution in [0.5, 0.6) is 0 Å². The van der Waals surface area contributed by atoms with Gasteiger partial charge in [0.25, 0.3) is 0 Å². The number of methoxy groups -OCH3 is 1. The molecule has 118 valence electrons. The third kappa shape index (κ3) is 6.25. The Hall–Kier alpha value is -0.570. The Morgan fingerprint density at radius 3 is 2.85 bits per heavy atom. The van der Waals surface area contributed by atoms with Gasteiger partial charge in [0.05, 0.1) is 19.1 Å². The van der Waals surface area contributed by atoms with Crippen LogP contribution < -0.4 is 5.32 Å². The summed E-state index contributed by atoms with van der Waals surface area (Å²) < 4.78 is 10.1. The molecule has 7 heteroatoms. The van der Waals surface area contributed by atoms with E-state index in [0.29, 0.717) is 26.3 Å². The lowest BCUT2D eigenvalue weighted by atomic mass is 9.98. The number of carbonyl (C=O) groups is 1. The van der Waals surface area contributed by atoms with Crippen LogP contribution in [0.4, 0.5) is 0 Å². The maximum atomic E-state index is 11.8. The van der Waals surface area contributed by atoms with Gasteiger partial charge in [-0.1, -0.05) is 0 Å². The molecular formula is C13H26IN3O3. The second-order valence-electron chi connectivity index (χ2n) is 4.50. The van der Waals surface area contributed by atoms with Gasteiger partial charge in [-0.3, -0.25) is 9.79 Å². The normalized spacial score (nSPS) is 19.2. The van der Waals surface area contributed by atoms with Crippen molar-refractivity contribution >= 4 is 35.9 Å². The number of ether oxygens (including phenoxy) is 2. The zero-order valence-electron chi connectivity index (χ0n) is 12.6. The van der Waals surface area contributed by atoms with Crippen molar-refractivity contribution in [1.29, 1.82) is 0 Å². The lowest BCUT2D eigenvalue weighted by Gasteiger charge is -2.33. The van der Waals surface area contributed by atoms with Gasteiger partial charge in [0, 0.05) is 33.8 Å². The fraction of sp³-hybridized carbons (Fsp3) is 0.846. The maximum Gasteiger partial charge on any atom is 0.310 e. The summed E-state index contributed by atoms with van der Waals surface area (Å²) in [7, 11) is 3.42. The third-order valence-electron chi connectivity index (χ3n) is 3.14. The molecule has 1 atom stereocenters. The van der Waals surface area contributed by atoms with Crippen molar-refractivity contribution < 1.29 is 14.3 Å². The van der Waals surface area contributed by atoms with Crippen LogP contribution in [0.1, 0.15) is 19.8 Å². The fourth-order valence-corrected chi connectivity index (χ4v) is 2.22. The smallest absolute Gasteiger partial charge is 0.310 e. The number of hydrogen-bond donors (Lipinski definition) is 1. The first-order chi connectivity index (χ1) is 9.22. The highest BCUT2D eigenvalue weighted by Crippen LogP contribution is 2.17. The molecule has 0 amide bonds. The van der Waals surface area contributed by atoms with Gasteiger partial charge >= 0.3 is 5.97 Å². The van der Waals surface area contributed by atoms with Crippen LogP contribution in [0.3, 0.4) is 0 Å². The fourth-order valence-electron chi connectivity index (χ4n) is 2.22. The van der Waals surface area contributed by atoms with E-state index in [9.17, 15) is 4.79 Å². The van der Waals surface area contributed by atoms with Crippen molar-refractivity contribution in [2.24, 2.45) is 10.9 Å². The number of esters is 1. The van der Waals surface area contributed by atoms with Crippen LogP contribution >= 0.6 is 24.0 Å². The van der Waals surface area contributed by atoms with Crippen LogP contribution in [0, 0.1) is 5.92 Å². The largest absolute Gasteiger partial charge is 0.466 e. The molecule has 0 aliphatic carbocycles. The van der Waals surface area contributed by atoms with Crippen LogP contribution in [-0.4, -0.2) is 63.8 Å². The molecule has 0 aromatic carbocycles. The third-order valence-corrected chi connectivity index (χ3v) is 3.14. The van der Waals surface area contributed by atoms with E-state index in [2.05, 4.69) is 15.2 Å². The molecule has 1 aliphatic heterocycles. The molecule has 1 heterocycles. The molecule has 0 aromatic rings. The Kier molecular flexibility index (Phi) is 10.8. The van der Waals surface area contributed by atoms with Gasteiger partial charge in [0.15, 0.2) is 5.96 Å². The number of guanidine groups is 1. The van der Waals surface area contributed by atoms with Gasteiger partial charge in [0.2, 0.25) is 0 Å². The Labute approximate surface area is 138 Å². The average Bonchev–Trinajstić information content (AvgIpc) is 2.44. The maximum absolute atomic E-state index is 11.8. The van der Waals surface area contributed by atoms with Crippen molar-refractivity contribution in [3.63, 3.8) is 0 Å². The molecule has 0 radical (unpaired) electrons. The van der Waals surface area contributed by atoms with Gasteiger partial charge in [-0.2, -0.15) is 0 Å². The van der Waals surface area contributed by atoms with Gasteiger partial charge in [0.1, 0.15) is 0 Å². The molecular weight excluding hydrogens is 373 g/mol. The summed E-state index contributed by atoms with van der Waals surface area (Å²) in [4.78, 5) is 18.1. The minimum absolute atomic E-state index is 0. The van der Waals surface area contributed by atoms with Crippen LogP contribution in [0.2, 0.25) is 0 Å². The first-order valence-electron chi connectivity index (χ1n) is 6.84. The number of rotatable bonds is 5. The van der Waals surface area contributed by atoms with Crippen molar-refractivity contribution in [2.45, 2.75) is 19.8 Å². The number of likely N-dealkylation sites (tertiary alicyclic amines) is 1. The summed E-state index contributed by atoms with van der Waals surface area (Å²) >= 11 is 0. The lowest BCUT2D eigenvalue weighted by molar-refractivity contribution is -0.149. The number of piperidine rings is 1. The van der Waals surface area contributed by atoms with E-state index in [0.717, 1.165) is 25.3 Å². The number of aliphatic imine (C=N–C) groups is 1. The molecule has 0 aromatic heterocycles. The van der Waals surface area contributed by atoms with E-state index in [-0.39, 0.29) is 35.9 Å². The molecule has 0 saturated carbocycles. The van der Waals surface area contributed by atoms with E-state index >= 15 is 0 Å². The zero-order chi connectivity index (χ0) is 14.1. The number of halogens is 1. The molecule has 1 saturated heterocycles. The number of carbonyl (C=O) groups excluding carboxylic acids is 1. The van der Waals surface area contributed by atoms with E-state index in [1.807, 2.05) is 6.92 Å². The quantitative estimate of drug-likeness (QED) is 0.247. The predicted octanol–water partition coefficient (Wildman–Crippen LogP) is 1.10. The number of nitrogens with one attached hydrogen (secondary N) is 1. The van der Waals surface area contributed by atoms with Crippen molar-refractivity contribution in [3.8, 4) is 0 Å². The topological polar surface area (TPSA) is 63.2 Å². The summed E-state index contributed by atoms with van der Waals surface area (Å²) in [5.74, 6) is 0.681. The summed E-state index contributed by atoms with van der Waals surface area (Å²) in [6.45, 7) is 5.21. The lowest BCUT2D eigenvalue weighted by Crippen LogP contribution is -2.48. The highest BCUT2D eigenvalue weighted by atomic mass is 127. The zero-order valence-corrected chi connectivity index (χ0v) is 14.9.